The quantitative estimate of drug-likeness (QED) is 0.584. The van der Waals surface area contributed by atoms with Gasteiger partial charge in [-0.1, -0.05) is 12.1 Å². The lowest BCUT2D eigenvalue weighted by atomic mass is 10.2. The molecule has 1 aromatic carbocycles. The smallest absolute Gasteiger partial charge is 0.203 e. The average molecular weight is 227 g/mol. The van der Waals surface area contributed by atoms with Crippen LogP contribution in [-0.4, -0.2) is 20.4 Å². The number of anilines is 1. The molecule has 0 saturated carbocycles. The number of hydrogen-bond donors (Lipinski definition) is 3. The Balaban J connectivity index is 1.97. The van der Waals surface area contributed by atoms with Gasteiger partial charge in [0, 0.05) is 11.5 Å². The zero-order valence-corrected chi connectivity index (χ0v) is 8.75. The fourth-order valence-electron chi connectivity index (χ4n) is 1.50. The predicted molar refractivity (Wildman–Crippen MR) is 63.3 cm³/mol. The fraction of sp³-hybridized carbons (Fsp3) is 0. The van der Waals surface area contributed by atoms with Crippen molar-refractivity contribution in [1.29, 1.82) is 0 Å². The number of hydrogen-bond acceptors (Lipinski definition) is 5. The molecule has 0 aliphatic rings. The van der Waals surface area contributed by atoms with Gasteiger partial charge in [-0.2, -0.15) is 10.2 Å². The maximum Gasteiger partial charge on any atom is 0.203 e. The molecule has 3 aromatic rings. The molecule has 0 bridgehead atoms. The standard InChI is InChI=1S/C10H9N7/c11-8-5-9(14-13-8)15-17-10-6-3-1-2-4-7(6)12-16-10/h1-5H,(H,12,16)(H3,11,13,14). The van der Waals surface area contributed by atoms with Gasteiger partial charge < -0.3 is 5.73 Å². The van der Waals surface area contributed by atoms with Gasteiger partial charge in [-0.3, -0.25) is 10.2 Å². The molecule has 0 unspecified atom stereocenters. The summed E-state index contributed by atoms with van der Waals surface area (Å²) in [6, 6.07) is 9.29. The van der Waals surface area contributed by atoms with Crippen molar-refractivity contribution in [2.45, 2.75) is 0 Å². The Morgan fingerprint density at radius 1 is 1.06 bits per heavy atom. The molecule has 17 heavy (non-hydrogen) atoms. The summed E-state index contributed by atoms with van der Waals surface area (Å²) in [6.07, 6.45) is 0. The minimum atomic E-state index is 0.426. The van der Waals surface area contributed by atoms with Crippen molar-refractivity contribution >= 4 is 28.4 Å². The molecule has 0 spiro atoms. The Morgan fingerprint density at radius 3 is 2.76 bits per heavy atom. The summed E-state index contributed by atoms with van der Waals surface area (Å²) in [7, 11) is 0. The van der Waals surface area contributed by atoms with Crippen LogP contribution < -0.4 is 5.73 Å². The molecular formula is C10H9N7. The molecule has 0 fully saturated rings. The average Bonchev–Trinajstić information content (AvgIpc) is 2.93. The molecule has 7 nitrogen and oxygen atoms in total. The van der Waals surface area contributed by atoms with E-state index in [4.69, 9.17) is 5.73 Å². The second-order valence-electron chi connectivity index (χ2n) is 3.47. The van der Waals surface area contributed by atoms with Crippen molar-refractivity contribution in [2.75, 3.05) is 5.73 Å². The van der Waals surface area contributed by atoms with Crippen LogP contribution in [-0.2, 0) is 0 Å². The number of benzene rings is 1. The Bertz CT molecular complexity index is 679. The molecule has 3 rings (SSSR count). The van der Waals surface area contributed by atoms with Crippen LogP contribution in [0.2, 0.25) is 0 Å². The Kier molecular flexibility index (Phi) is 2.08. The fourth-order valence-corrected chi connectivity index (χ4v) is 1.50. The lowest BCUT2D eigenvalue weighted by Crippen LogP contribution is -1.81. The summed E-state index contributed by atoms with van der Waals surface area (Å²) in [5.74, 6) is 1.41. The largest absolute Gasteiger partial charge is 0.384 e. The first kappa shape index (κ1) is 9.52. The van der Waals surface area contributed by atoms with E-state index in [1.165, 1.54) is 0 Å². The van der Waals surface area contributed by atoms with E-state index in [2.05, 4.69) is 30.6 Å². The highest BCUT2D eigenvalue weighted by Crippen LogP contribution is 2.24. The summed E-state index contributed by atoms with van der Waals surface area (Å²) >= 11 is 0. The van der Waals surface area contributed by atoms with Crippen LogP contribution in [0, 0.1) is 0 Å². The van der Waals surface area contributed by atoms with Gasteiger partial charge in [-0.05, 0) is 12.1 Å². The number of aromatic amines is 2. The molecular weight excluding hydrogens is 218 g/mol. The summed E-state index contributed by atoms with van der Waals surface area (Å²) in [4.78, 5) is 0. The number of nitrogens with one attached hydrogen (secondary N) is 2. The van der Waals surface area contributed by atoms with Gasteiger partial charge >= 0.3 is 0 Å². The third-order valence-corrected chi connectivity index (χ3v) is 2.28. The van der Waals surface area contributed by atoms with Crippen molar-refractivity contribution in [2.24, 2.45) is 10.2 Å². The third kappa shape index (κ3) is 1.73. The first-order chi connectivity index (χ1) is 8.33. The SMILES string of the molecule is Nc1cc(N=Nc2n[nH]c3ccccc23)n[nH]1. The van der Waals surface area contributed by atoms with Crippen molar-refractivity contribution < 1.29 is 0 Å². The molecule has 0 atom stereocenters. The maximum absolute atomic E-state index is 5.48. The van der Waals surface area contributed by atoms with E-state index < -0.39 is 0 Å². The molecule has 0 amide bonds. The van der Waals surface area contributed by atoms with Crippen LogP contribution >= 0.6 is 0 Å². The van der Waals surface area contributed by atoms with Crippen molar-refractivity contribution in [3.05, 3.63) is 30.3 Å². The second kappa shape index (κ2) is 3.71. The van der Waals surface area contributed by atoms with Gasteiger partial charge in [0.25, 0.3) is 0 Å². The molecule has 84 valence electrons. The molecule has 7 heteroatoms. The third-order valence-electron chi connectivity index (χ3n) is 2.28. The van der Waals surface area contributed by atoms with Gasteiger partial charge in [-0.25, -0.2) is 0 Å². The Morgan fingerprint density at radius 2 is 1.94 bits per heavy atom. The minimum absolute atomic E-state index is 0.426. The molecule has 4 N–H and O–H groups in total. The van der Waals surface area contributed by atoms with Gasteiger partial charge in [0.2, 0.25) is 5.82 Å². The van der Waals surface area contributed by atoms with E-state index in [0.717, 1.165) is 10.9 Å². The predicted octanol–water partition coefficient (Wildman–Crippen LogP) is 2.28. The number of H-pyrrole nitrogens is 2. The van der Waals surface area contributed by atoms with E-state index in [-0.39, 0.29) is 0 Å². The van der Waals surface area contributed by atoms with Crippen LogP contribution in [0.15, 0.2) is 40.6 Å². The lowest BCUT2D eigenvalue weighted by molar-refractivity contribution is 1.03. The van der Waals surface area contributed by atoms with Crippen LogP contribution in [0.1, 0.15) is 0 Å². The summed E-state index contributed by atoms with van der Waals surface area (Å²) in [5.41, 5.74) is 6.40. The summed E-state index contributed by atoms with van der Waals surface area (Å²) in [6.45, 7) is 0. The summed E-state index contributed by atoms with van der Waals surface area (Å²) < 4.78 is 0. The van der Waals surface area contributed by atoms with E-state index in [1.807, 2.05) is 24.3 Å². The van der Waals surface area contributed by atoms with Gasteiger partial charge in [-0.15, -0.1) is 10.2 Å². The normalized spacial score (nSPS) is 11.5. The lowest BCUT2D eigenvalue weighted by Gasteiger charge is -1.86. The number of nitrogens with zero attached hydrogens (tertiary/aromatic N) is 4. The van der Waals surface area contributed by atoms with Gasteiger partial charge in [0.1, 0.15) is 5.82 Å². The molecule has 2 heterocycles. The monoisotopic (exact) mass is 227 g/mol. The van der Waals surface area contributed by atoms with Crippen molar-refractivity contribution in [3.63, 3.8) is 0 Å². The number of aromatic nitrogens is 4. The number of nitrogen functional groups attached to an aromatic ring is 1. The summed E-state index contributed by atoms with van der Waals surface area (Å²) in [5, 5.41) is 22.2. The van der Waals surface area contributed by atoms with Gasteiger partial charge in [0.05, 0.1) is 5.52 Å². The van der Waals surface area contributed by atoms with E-state index >= 15 is 0 Å². The van der Waals surface area contributed by atoms with E-state index in [9.17, 15) is 0 Å². The number of azo groups is 1. The number of para-hydroxylation sites is 1. The Labute approximate surface area is 95.8 Å². The van der Waals surface area contributed by atoms with E-state index in [1.54, 1.807) is 6.07 Å². The first-order valence-corrected chi connectivity index (χ1v) is 4.99. The van der Waals surface area contributed by atoms with Crippen molar-refractivity contribution in [1.82, 2.24) is 20.4 Å². The zero-order chi connectivity index (χ0) is 11.7. The van der Waals surface area contributed by atoms with Crippen LogP contribution in [0.5, 0.6) is 0 Å². The van der Waals surface area contributed by atoms with Gasteiger partial charge in [0.15, 0.2) is 5.82 Å². The second-order valence-corrected chi connectivity index (χ2v) is 3.47. The van der Waals surface area contributed by atoms with Crippen molar-refractivity contribution in [3.8, 4) is 0 Å². The zero-order valence-electron chi connectivity index (χ0n) is 8.75. The molecule has 0 aliphatic carbocycles. The maximum atomic E-state index is 5.48. The van der Waals surface area contributed by atoms with Crippen LogP contribution in [0.4, 0.5) is 17.5 Å². The number of nitrogens with two attached hydrogens (primary N) is 1. The number of fused-ring (bicyclic) bond motifs is 1. The first-order valence-electron chi connectivity index (χ1n) is 4.99. The molecule has 0 saturated heterocycles. The highest BCUT2D eigenvalue weighted by molar-refractivity contribution is 5.87. The van der Waals surface area contributed by atoms with Crippen LogP contribution in [0.3, 0.4) is 0 Å². The Hall–Kier alpha value is -2.70. The minimum Gasteiger partial charge on any atom is -0.384 e. The van der Waals surface area contributed by atoms with E-state index in [0.29, 0.717) is 17.5 Å². The number of rotatable bonds is 2. The van der Waals surface area contributed by atoms with Crippen LogP contribution in [0.25, 0.3) is 10.9 Å². The molecule has 0 aliphatic heterocycles. The highest BCUT2D eigenvalue weighted by atomic mass is 15.3. The molecule has 2 aromatic heterocycles. The highest BCUT2D eigenvalue weighted by Gasteiger charge is 2.03. The topological polar surface area (TPSA) is 108 Å². The molecule has 0 radical (unpaired) electrons.